The maximum absolute atomic E-state index is 12.5. The van der Waals surface area contributed by atoms with Crippen molar-refractivity contribution in [1.82, 2.24) is 25.0 Å². The van der Waals surface area contributed by atoms with Gasteiger partial charge in [-0.1, -0.05) is 41.1 Å². The Bertz CT molecular complexity index is 1310. The number of nitrogens with zero attached hydrogens (tertiary/aromatic N) is 5. The predicted octanol–water partition coefficient (Wildman–Crippen LogP) is 4.49. The molecule has 0 saturated carbocycles. The largest absolute Gasteiger partial charge is 0.441 e. The van der Waals surface area contributed by atoms with Crippen LogP contribution >= 0.6 is 11.6 Å². The fourth-order valence-electron chi connectivity index (χ4n) is 3.12. The van der Waals surface area contributed by atoms with E-state index in [2.05, 4.69) is 30.9 Å². The molecular formula is C23H20ClN7O3. The fraction of sp³-hybridized carbons (Fsp3) is 0.130. The maximum Gasteiger partial charge on any atom is 0.413 e. The zero-order chi connectivity index (χ0) is 24.1. The van der Waals surface area contributed by atoms with Gasteiger partial charge in [-0.15, -0.1) is 5.10 Å². The monoisotopic (exact) mass is 477 g/mol. The molecule has 0 spiro atoms. The third kappa shape index (κ3) is 5.18. The van der Waals surface area contributed by atoms with E-state index in [9.17, 15) is 9.59 Å². The van der Waals surface area contributed by atoms with Gasteiger partial charge >= 0.3 is 6.09 Å². The summed E-state index contributed by atoms with van der Waals surface area (Å²) in [5.41, 5.74) is 2.42. The molecule has 1 aromatic carbocycles. The minimum Gasteiger partial charge on any atom is -0.441 e. The number of benzene rings is 1. The van der Waals surface area contributed by atoms with Crippen LogP contribution in [0.3, 0.4) is 0 Å². The number of halogens is 1. The molecule has 0 aliphatic carbocycles. The molecule has 0 aliphatic rings. The molecule has 11 heteroatoms. The fourth-order valence-corrected chi connectivity index (χ4v) is 3.40. The molecule has 34 heavy (non-hydrogen) atoms. The average Bonchev–Trinajstić information content (AvgIpc) is 3.20. The topological polar surface area (TPSA) is 124 Å². The number of anilines is 2. The number of hydrogen-bond donors (Lipinski definition) is 2. The van der Waals surface area contributed by atoms with Gasteiger partial charge in [-0.3, -0.25) is 15.1 Å². The lowest BCUT2D eigenvalue weighted by Gasteiger charge is -2.15. The quantitative estimate of drug-likeness (QED) is 0.392. The van der Waals surface area contributed by atoms with E-state index in [1.807, 2.05) is 6.07 Å². The zero-order valence-electron chi connectivity index (χ0n) is 18.3. The highest BCUT2D eigenvalue weighted by Crippen LogP contribution is 2.26. The lowest BCUT2D eigenvalue weighted by atomic mass is 10.2. The molecular weight excluding hydrogens is 458 g/mol. The smallest absolute Gasteiger partial charge is 0.413 e. The number of rotatable bonds is 6. The Balaban J connectivity index is 1.45. The first kappa shape index (κ1) is 22.9. The SMILES string of the molecule is C[C@@H](OC(=O)Nc1c(-c2ccc(NC(=O)c3ccccc3)cn2)nnn1C)c1cccnc1Cl. The molecule has 172 valence electrons. The van der Waals surface area contributed by atoms with Crippen LogP contribution in [0.25, 0.3) is 11.4 Å². The van der Waals surface area contributed by atoms with Crippen LogP contribution in [0.4, 0.5) is 16.3 Å². The number of aryl methyl sites for hydroxylation is 1. The maximum atomic E-state index is 12.5. The summed E-state index contributed by atoms with van der Waals surface area (Å²) in [7, 11) is 1.63. The van der Waals surface area contributed by atoms with Crippen molar-refractivity contribution in [3.63, 3.8) is 0 Å². The summed E-state index contributed by atoms with van der Waals surface area (Å²) in [5, 5.41) is 13.7. The van der Waals surface area contributed by atoms with E-state index in [1.165, 1.54) is 10.9 Å². The summed E-state index contributed by atoms with van der Waals surface area (Å²) in [5.74, 6) is 0.0469. The summed E-state index contributed by atoms with van der Waals surface area (Å²) in [4.78, 5) is 33.2. The minimum absolute atomic E-state index is 0.248. The van der Waals surface area contributed by atoms with Crippen molar-refractivity contribution in [1.29, 1.82) is 0 Å². The van der Waals surface area contributed by atoms with E-state index >= 15 is 0 Å². The van der Waals surface area contributed by atoms with Crippen molar-refractivity contribution >= 4 is 35.1 Å². The number of carbonyl (C=O) groups excluding carboxylic acids is 2. The highest BCUT2D eigenvalue weighted by Gasteiger charge is 2.20. The molecule has 0 radical (unpaired) electrons. The van der Waals surface area contributed by atoms with E-state index in [0.717, 1.165) is 0 Å². The standard InChI is InChI=1S/C23H20ClN7O3/c1-14(17-9-6-12-25-20(17)24)34-23(33)28-21-19(29-30-31(21)2)18-11-10-16(13-26-18)27-22(32)15-7-4-3-5-8-15/h3-14H,1-2H3,(H,27,32)(H,28,33)/t14-/m1/s1. The first-order chi connectivity index (χ1) is 16.4. The second-order valence-corrected chi connectivity index (χ2v) is 7.58. The van der Waals surface area contributed by atoms with Crippen LogP contribution in [-0.4, -0.2) is 37.0 Å². The van der Waals surface area contributed by atoms with E-state index in [4.69, 9.17) is 16.3 Å². The van der Waals surface area contributed by atoms with Crippen LogP contribution in [0.15, 0.2) is 67.0 Å². The molecule has 0 unspecified atom stereocenters. The van der Waals surface area contributed by atoms with Gasteiger partial charge in [-0.25, -0.2) is 14.5 Å². The Hall–Kier alpha value is -4.31. The third-order valence-corrected chi connectivity index (χ3v) is 5.17. The van der Waals surface area contributed by atoms with Gasteiger partial charge in [0.25, 0.3) is 5.91 Å². The lowest BCUT2D eigenvalue weighted by molar-refractivity contribution is 0.102. The molecule has 0 bridgehead atoms. The molecule has 10 nitrogen and oxygen atoms in total. The van der Waals surface area contributed by atoms with Crippen molar-refractivity contribution in [2.75, 3.05) is 10.6 Å². The van der Waals surface area contributed by atoms with Crippen molar-refractivity contribution in [3.8, 4) is 11.4 Å². The van der Waals surface area contributed by atoms with E-state index in [-0.39, 0.29) is 11.1 Å². The first-order valence-corrected chi connectivity index (χ1v) is 10.6. The van der Waals surface area contributed by atoms with Crippen molar-refractivity contribution < 1.29 is 14.3 Å². The Morgan fingerprint density at radius 3 is 2.53 bits per heavy atom. The van der Waals surface area contributed by atoms with E-state index in [1.54, 1.807) is 68.7 Å². The molecule has 3 heterocycles. The second kappa shape index (κ2) is 10.1. The number of nitrogens with one attached hydrogen (secondary N) is 2. The summed E-state index contributed by atoms with van der Waals surface area (Å²) < 4.78 is 6.82. The highest BCUT2D eigenvalue weighted by molar-refractivity contribution is 6.30. The van der Waals surface area contributed by atoms with Crippen molar-refractivity contribution in [3.05, 3.63) is 83.3 Å². The molecule has 0 fully saturated rings. The van der Waals surface area contributed by atoms with Crippen LogP contribution in [0.5, 0.6) is 0 Å². The van der Waals surface area contributed by atoms with Crippen LogP contribution in [0.1, 0.15) is 28.9 Å². The molecule has 4 aromatic rings. The van der Waals surface area contributed by atoms with Gasteiger partial charge in [0, 0.05) is 24.4 Å². The van der Waals surface area contributed by atoms with Crippen LogP contribution in [-0.2, 0) is 11.8 Å². The molecule has 0 saturated heterocycles. The predicted molar refractivity (Wildman–Crippen MR) is 126 cm³/mol. The number of hydrogen-bond acceptors (Lipinski definition) is 7. The lowest BCUT2D eigenvalue weighted by Crippen LogP contribution is -2.18. The molecule has 2 N–H and O–H groups in total. The molecule has 4 rings (SSSR count). The van der Waals surface area contributed by atoms with Crippen LogP contribution < -0.4 is 10.6 Å². The third-order valence-electron chi connectivity index (χ3n) is 4.86. The van der Waals surface area contributed by atoms with Gasteiger partial charge in [0.15, 0.2) is 11.5 Å². The summed E-state index contributed by atoms with van der Waals surface area (Å²) in [6, 6.07) is 15.6. The van der Waals surface area contributed by atoms with Gasteiger partial charge < -0.3 is 10.1 Å². The minimum atomic E-state index is -0.717. The van der Waals surface area contributed by atoms with Gasteiger partial charge in [0.2, 0.25) is 0 Å². The Kier molecular flexibility index (Phi) is 6.79. The summed E-state index contributed by atoms with van der Waals surface area (Å²) in [6.45, 7) is 1.69. The normalized spacial score (nSPS) is 11.5. The highest BCUT2D eigenvalue weighted by atomic mass is 35.5. The molecule has 3 aromatic heterocycles. The number of pyridine rings is 2. The van der Waals surface area contributed by atoms with Gasteiger partial charge in [0.05, 0.1) is 17.6 Å². The second-order valence-electron chi connectivity index (χ2n) is 7.22. The Morgan fingerprint density at radius 2 is 1.82 bits per heavy atom. The van der Waals surface area contributed by atoms with Gasteiger partial charge in [0.1, 0.15) is 11.3 Å². The number of aromatic nitrogens is 5. The summed E-state index contributed by atoms with van der Waals surface area (Å²) in [6.07, 6.45) is 1.71. The summed E-state index contributed by atoms with van der Waals surface area (Å²) >= 11 is 6.07. The van der Waals surface area contributed by atoms with Crippen LogP contribution in [0.2, 0.25) is 5.15 Å². The Labute approximate surface area is 200 Å². The molecule has 0 aliphatic heterocycles. The number of amides is 2. The van der Waals surface area contributed by atoms with E-state index < -0.39 is 12.2 Å². The van der Waals surface area contributed by atoms with Crippen molar-refractivity contribution in [2.24, 2.45) is 7.05 Å². The average molecular weight is 478 g/mol. The molecule has 1 atom stereocenters. The first-order valence-electron chi connectivity index (χ1n) is 10.2. The number of carbonyl (C=O) groups is 2. The number of ether oxygens (including phenoxy) is 1. The van der Waals surface area contributed by atoms with Gasteiger partial charge in [-0.05, 0) is 37.3 Å². The van der Waals surface area contributed by atoms with Crippen LogP contribution in [0, 0.1) is 0 Å². The molecule has 2 amide bonds. The zero-order valence-corrected chi connectivity index (χ0v) is 19.0. The van der Waals surface area contributed by atoms with Crippen molar-refractivity contribution in [2.45, 2.75) is 13.0 Å². The van der Waals surface area contributed by atoms with Gasteiger partial charge in [-0.2, -0.15) is 0 Å². The Morgan fingerprint density at radius 1 is 1.03 bits per heavy atom. The van der Waals surface area contributed by atoms with E-state index in [0.29, 0.717) is 34.0 Å².